The first kappa shape index (κ1) is 13.6. The fourth-order valence-corrected chi connectivity index (χ4v) is 2.68. The molecule has 0 radical (unpaired) electrons. The third-order valence-electron chi connectivity index (χ3n) is 3.86. The van der Waals surface area contributed by atoms with Gasteiger partial charge in [0.05, 0.1) is 12.1 Å². The minimum Gasteiger partial charge on any atom is -0.480 e. The molecule has 0 unspecified atom stereocenters. The normalized spacial score (nSPS) is 17.4. The zero-order chi connectivity index (χ0) is 14.0. The molecule has 19 heavy (non-hydrogen) atoms. The van der Waals surface area contributed by atoms with Gasteiger partial charge in [-0.2, -0.15) is 5.10 Å². The van der Waals surface area contributed by atoms with Crippen LogP contribution in [0.1, 0.15) is 42.6 Å². The minimum atomic E-state index is -1.07. The molecule has 0 aromatic carbocycles. The van der Waals surface area contributed by atoms with Crippen molar-refractivity contribution in [1.29, 1.82) is 0 Å². The van der Waals surface area contributed by atoms with Gasteiger partial charge in [-0.3, -0.25) is 9.89 Å². The Labute approximate surface area is 111 Å². The molecule has 0 aliphatic heterocycles. The molecule has 0 saturated heterocycles. The molecule has 104 valence electrons. The number of aromatic nitrogens is 2. The fraction of sp³-hybridized carbons (Fsp3) is 0.615. The second-order valence-corrected chi connectivity index (χ2v) is 5.23. The van der Waals surface area contributed by atoms with E-state index < -0.39 is 11.5 Å². The van der Waals surface area contributed by atoms with E-state index in [-0.39, 0.29) is 12.3 Å². The molecule has 3 N–H and O–H groups in total. The van der Waals surface area contributed by atoms with Gasteiger partial charge in [0.2, 0.25) is 5.91 Å². The van der Waals surface area contributed by atoms with E-state index in [1.165, 1.54) is 0 Å². The van der Waals surface area contributed by atoms with E-state index in [0.717, 1.165) is 29.8 Å². The molecule has 0 bridgehead atoms. The Morgan fingerprint density at radius 2 is 2.00 bits per heavy atom. The van der Waals surface area contributed by atoms with Gasteiger partial charge in [-0.15, -0.1) is 0 Å². The van der Waals surface area contributed by atoms with E-state index >= 15 is 0 Å². The standard InChI is InChI=1S/C13H19N3O3/c1-8-10(9(2)16-15-8)7-11(17)14-13(12(18)19)5-3-4-6-13/h3-7H2,1-2H3,(H,14,17)(H,15,16)(H,18,19). The molecule has 0 atom stereocenters. The highest BCUT2D eigenvalue weighted by Crippen LogP contribution is 2.30. The van der Waals surface area contributed by atoms with Crippen LogP contribution in [0.15, 0.2) is 0 Å². The molecule has 1 aromatic rings. The number of aromatic amines is 1. The number of amides is 1. The largest absolute Gasteiger partial charge is 0.480 e. The maximum atomic E-state index is 12.1. The molecule has 1 aliphatic rings. The topological polar surface area (TPSA) is 95.1 Å². The number of nitrogens with one attached hydrogen (secondary N) is 2. The van der Waals surface area contributed by atoms with Crippen LogP contribution in [0, 0.1) is 13.8 Å². The lowest BCUT2D eigenvalue weighted by Gasteiger charge is -2.25. The average Bonchev–Trinajstić information content (AvgIpc) is 2.92. The van der Waals surface area contributed by atoms with Crippen molar-refractivity contribution >= 4 is 11.9 Å². The lowest BCUT2D eigenvalue weighted by molar-refractivity contribution is -0.147. The predicted octanol–water partition coefficient (Wildman–Crippen LogP) is 1.08. The third-order valence-corrected chi connectivity index (χ3v) is 3.86. The van der Waals surface area contributed by atoms with Crippen LogP contribution in [0.2, 0.25) is 0 Å². The van der Waals surface area contributed by atoms with E-state index in [9.17, 15) is 14.7 Å². The van der Waals surface area contributed by atoms with Gasteiger partial charge >= 0.3 is 5.97 Å². The average molecular weight is 265 g/mol. The first-order valence-corrected chi connectivity index (χ1v) is 6.49. The molecule has 1 fully saturated rings. The summed E-state index contributed by atoms with van der Waals surface area (Å²) >= 11 is 0. The molecule has 6 heteroatoms. The minimum absolute atomic E-state index is 0.170. The van der Waals surface area contributed by atoms with Crippen molar-refractivity contribution in [2.75, 3.05) is 0 Å². The number of aryl methyl sites for hydroxylation is 2. The Morgan fingerprint density at radius 3 is 2.47 bits per heavy atom. The summed E-state index contributed by atoms with van der Waals surface area (Å²) in [6, 6.07) is 0. The number of carbonyl (C=O) groups excluding carboxylic acids is 1. The van der Waals surface area contributed by atoms with Crippen molar-refractivity contribution in [2.24, 2.45) is 0 Å². The summed E-state index contributed by atoms with van der Waals surface area (Å²) in [5.41, 5.74) is 1.41. The van der Waals surface area contributed by atoms with Gasteiger partial charge in [0.1, 0.15) is 5.54 Å². The van der Waals surface area contributed by atoms with Gasteiger partial charge in [0.15, 0.2) is 0 Å². The number of carboxylic acid groups (broad SMARTS) is 1. The molecule has 1 aliphatic carbocycles. The summed E-state index contributed by atoms with van der Waals surface area (Å²) in [7, 11) is 0. The molecule has 6 nitrogen and oxygen atoms in total. The summed E-state index contributed by atoms with van der Waals surface area (Å²) in [5, 5.41) is 18.9. The molecule has 0 spiro atoms. The smallest absolute Gasteiger partial charge is 0.329 e. The number of hydrogen-bond acceptors (Lipinski definition) is 3. The van der Waals surface area contributed by atoms with E-state index in [4.69, 9.17) is 0 Å². The van der Waals surface area contributed by atoms with Gasteiger partial charge in [-0.25, -0.2) is 4.79 Å². The Bertz CT molecular complexity index is 482. The Balaban J connectivity index is 2.07. The zero-order valence-electron chi connectivity index (χ0n) is 11.2. The van der Waals surface area contributed by atoms with E-state index in [1.807, 2.05) is 13.8 Å². The number of carboxylic acids is 1. The summed E-state index contributed by atoms with van der Waals surface area (Å²) in [4.78, 5) is 23.4. The summed E-state index contributed by atoms with van der Waals surface area (Å²) in [6.45, 7) is 3.68. The number of H-pyrrole nitrogens is 1. The highest BCUT2D eigenvalue weighted by atomic mass is 16.4. The van der Waals surface area contributed by atoms with Crippen LogP contribution < -0.4 is 5.32 Å². The van der Waals surface area contributed by atoms with Crippen molar-refractivity contribution < 1.29 is 14.7 Å². The second-order valence-electron chi connectivity index (χ2n) is 5.23. The maximum Gasteiger partial charge on any atom is 0.329 e. The quantitative estimate of drug-likeness (QED) is 0.759. The Kier molecular flexibility index (Phi) is 3.59. The molecule has 2 rings (SSSR count). The molecule has 1 amide bonds. The number of aliphatic carboxylic acids is 1. The number of carbonyl (C=O) groups is 2. The molecule has 1 saturated carbocycles. The van der Waals surface area contributed by atoms with Crippen LogP contribution in [0.3, 0.4) is 0 Å². The van der Waals surface area contributed by atoms with Crippen LogP contribution >= 0.6 is 0 Å². The highest BCUT2D eigenvalue weighted by molar-refractivity contribution is 5.88. The Hall–Kier alpha value is -1.85. The van der Waals surface area contributed by atoms with Crippen molar-refractivity contribution in [3.8, 4) is 0 Å². The molecule has 1 aromatic heterocycles. The van der Waals surface area contributed by atoms with E-state index in [1.54, 1.807) is 0 Å². The lowest BCUT2D eigenvalue weighted by Crippen LogP contribution is -2.53. The summed E-state index contributed by atoms with van der Waals surface area (Å²) < 4.78 is 0. The van der Waals surface area contributed by atoms with Crippen molar-refractivity contribution in [2.45, 2.75) is 51.5 Å². The van der Waals surface area contributed by atoms with Gasteiger partial charge in [0.25, 0.3) is 0 Å². The van der Waals surface area contributed by atoms with Crippen molar-refractivity contribution in [1.82, 2.24) is 15.5 Å². The van der Waals surface area contributed by atoms with Crippen LogP contribution in [0.25, 0.3) is 0 Å². The number of hydrogen-bond donors (Lipinski definition) is 3. The molecular weight excluding hydrogens is 246 g/mol. The van der Waals surface area contributed by atoms with Crippen LogP contribution in [0.4, 0.5) is 0 Å². The highest BCUT2D eigenvalue weighted by Gasteiger charge is 2.42. The molecule has 1 heterocycles. The summed E-state index contributed by atoms with van der Waals surface area (Å²) in [6.07, 6.45) is 2.88. The summed E-state index contributed by atoms with van der Waals surface area (Å²) in [5.74, 6) is -1.18. The van der Waals surface area contributed by atoms with Gasteiger partial charge < -0.3 is 10.4 Å². The fourth-order valence-electron chi connectivity index (χ4n) is 2.68. The van der Waals surface area contributed by atoms with Crippen LogP contribution in [-0.2, 0) is 16.0 Å². The van der Waals surface area contributed by atoms with Gasteiger partial charge in [-0.1, -0.05) is 12.8 Å². The van der Waals surface area contributed by atoms with E-state index in [0.29, 0.717) is 12.8 Å². The zero-order valence-corrected chi connectivity index (χ0v) is 11.2. The van der Waals surface area contributed by atoms with Crippen molar-refractivity contribution in [3.05, 3.63) is 17.0 Å². The molecular formula is C13H19N3O3. The first-order chi connectivity index (χ1) is 8.94. The maximum absolute atomic E-state index is 12.1. The third kappa shape index (κ3) is 2.62. The Morgan fingerprint density at radius 1 is 1.37 bits per heavy atom. The number of rotatable bonds is 4. The second kappa shape index (κ2) is 5.03. The number of nitrogens with zero attached hydrogens (tertiary/aromatic N) is 1. The SMILES string of the molecule is Cc1n[nH]c(C)c1CC(=O)NC1(C(=O)O)CCCC1. The van der Waals surface area contributed by atoms with Crippen molar-refractivity contribution in [3.63, 3.8) is 0 Å². The van der Waals surface area contributed by atoms with E-state index in [2.05, 4.69) is 15.5 Å². The van der Waals surface area contributed by atoms with Crippen LogP contribution in [-0.4, -0.2) is 32.7 Å². The van der Waals surface area contributed by atoms with Gasteiger partial charge in [-0.05, 0) is 26.7 Å². The lowest BCUT2D eigenvalue weighted by atomic mass is 9.97. The first-order valence-electron chi connectivity index (χ1n) is 6.49. The monoisotopic (exact) mass is 265 g/mol. The predicted molar refractivity (Wildman–Crippen MR) is 68.7 cm³/mol. The van der Waals surface area contributed by atoms with Gasteiger partial charge in [0, 0.05) is 11.3 Å². The van der Waals surface area contributed by atoms with Crippen LogP contribution in [0.5, 0.6) is 0 Å².